The topological polar surface area (TPSA) is 59.6 Å². The molecule has 0 saturated heterocycles. The van der Waals surface area contributed by atoms with Gasteiger partial charge in [-0.15, -0.1) is 6.58 Å². The Balaban J connectivity index is 2.28. The van der Waals surface area contributed by atoms with Crippen molar-refractivity contribution in [1.29, 1.82) is 0 Å². The molecule has 132 valence electrons. The first-order chi connectivity index (χ1) is 11.4. The summed E-state index contributed by atoms with van der Waals surface area (Å²) >= 11 is 6.91. The van der Waals surface area contributed by atoms with Crippen molar-refractivity contribution < 1.29 is 14.3 Å². The minimum Gasteiger partial charge on any atom is -0.461 e. The highest BCUT2D eigenvalue weighted by Gasteiger charge is 2.36. The molecule has 0 aliphatic carbocycles. The lowest BCUT2D eigenvalue weighted by Gasteiger charge is -2.38. The van der Waals surface area contributed by atoms with Gasteiger partial charge in [0.25, 0.3) is 0 Å². The highest BCUT2D eigenvalue weighted by molar-refractivity contribution is 8.08. The summed E-state index contributed by atoms with van der Waals surface area (Å²) in [4.78, 5) is 14.6. The molecule has 0 aromatic carbocycles. The Morgan fingerprint density at radius 2 is 2.33 bits per heavy atom. The molecule has 0 bridgehead atoms. The van der Waals surface area contributed by atoms with Gasteiger partial charge < -0.3 is 20.1 Å². The quantitative estimate of drug-likeness (QED) is 0.424. The van der Waals surface area contributed by atoms with E-state index in [1.165, 1.54) is 11.8 Å². The number of esters is 1. The number of thiocarbonyl (C=S) groups is 1. The van der Waals surface area contributed by atoms with Crippen LogP contribution in [0.2, 0.25) is 0 Å². The zero-order chi connectivity index (χ0) is 17.7. The molecule has 24 heavy (non-hydrogen) atoms. The van der Waals surface area contributed by atoms with E-state index in [2.05, 4.69) is 31.1 Å². The van der Waals surface area contributed by atoms with Crippen LogP contribution in [0.5, 0.6) is 0 Å². The summed E-state index contributed by atoms with van der Waals surface area (Å²) in [6.45, 7) is 11.0. The van der Waals surface area contributed by atoms with E-state index in [1.807, 2.05) is 0 Å². The Bertz CT molecular complexity index is 613. The van der Waals surface area contributed by atoms with E-state index < -0.39 is 0 Å². The van der Waals surface area contributed by atoms with Crippen molar-refractivity contribution >= 4 is 34.9 Å². The number of ether oxygens (including phenoxy) is 2. The van der Waals surface area contributed by atoms with Crippen LogP contribution in [0.1, 0.15) is 33.6 Å². The molecular weight excluding hydrogens is 344 g/mol. The number of carbonyl (C=O) groups excluding carboxylic acids is 1. The largest absolute Gasteiger partial charge is 0.461 e. The maximum Gasteiger partial charge on any atom is 0.356 e. The Hall–Kier alpha value is -1.31. The van der Waals surface area contributed by atoms with Gasteiger partial charge in [-0.1, -0.05) is 37.0 Å². The Morgan fingerprint density at radius 1 is 1.58 bits per heavy atom. The van der Waals surface area contributed by atoms with Crippen LogP contribution in [-0.4, -0.2) is 36.3 Å². The van der Waals surface area contributed by atoms with Gasteiger partial charge in [0.15, 0.2) is 0 Å². The molecule has 1 atom stereocenters. The fourth-order valence-electron chi connectivity index (χ4n) is 2.42. The summed E-state index contributed by atoms with van der Waals surface area (Å²) in [7, 11) is 0. The first kappa shape index (κ1) is 19.0. The van der Waals surface area contributed by atoms with Crippen molar-refractivity contribution in [2.75, 3.05) is 19.8 Å². The fourth-order valence-corrected chi connectivity index (χ4v) is 3.74. The van der Waals surface area contributed by atoms with E-state index in [0.717, 1.165) is 23.4 Å². The van der Waals surface area contributed by atoms with Crippen LogP contribution in [0, 0.1) is 0 Å². The molecule has 7 heteroatoms. The lowest BCUT2D eigenvalue weighted by molar-refractivity contribution is -0.138. The molecule has 0 spiro atoms. The van der Waals surface area contributed by atoms with Crippen LogP contribution >= 0.6 is 24.0 Å². The summed E-state index contributed by atoms with van der Waals surface area (Å²) in [5.74, 6) is -0.390. The number of carbonyl (C=O) groups is 1. The summed E-state index contributed by atoms with van der Waals surface area (Å²) in [6.07, 6.45) is 3.36. The molecule has 2 aliphatic heterocycles. The molecule has 2 aliphatic rings. The first-order valence-corrected chi connectivity index (χ1v) is 9.28. The van der Waals surface area contributed by atoms with Crippen molar-refractivity contribution in [3.05, 3.63) is 33.9 Å². The normalized spacial score (nSPS) is 23.3. The second-order valence-corrected chi connectivity index (χ2v) is 7.33. The molecule has 2 N–H and O–H groups in total. The zero-order valence-electron chi connectivity index (χ0n) is 14.4. The average molecular weight is 369 g/mol. The van der Waals surface area contributed by atoms with Crippen LogP contribution in [0.3, 0.4) is 0 Å². The zero-order valence-corrected chi connectivity index (χ0v) is 16.0. The monoisotopic (exact) mass is 368 g/mol. The van der Waals surface area contributed by atoms with Crippen molar-refractivity contribution in [1.82, 2.24) is 10.6 Å². The molecule has 0 aromatic heterocycles. The highest BCUT2D eigenvalue weighted by Crippen LogP contribution is 2.42. The first-order valence-electron chi connectivity index (χ1n) is 8.05. The summed E-state index contributed by atoms with van der Waals surface area (Å²) in [5.41, 5.74) is 1.21. The Kier molecular flexibility index (Phi) is 6.48. The SMILES string of the molecule is C=CCNC(=S)C1=C(C(=O)OCC)NC2=C(COC(C)(CC)C2)S1. The van der Waals surface area contributed by atoms with Crippen molar-refractivity contribution in [3.8, 4) is 0 Å². The average Bonchev–Trinajstić information content (AvgIpc) is 2.58. The maximum atomic E-state index is 12.4. The van der Waals surface area contributed by atoms with Crippen molar-refractivity contribution in [3.63, 3.8) is 0 Å². The summed E-state index contributed by atoms with van der Waals surface area (Å²) in [6, 6.07) is 0. The molecular formula is C17H24N2O3S2. The van der Waals surface area contributed by atoms with Gasteiger partial charge in [-0.25, -0.2) is 4.79 Å². The summed E-state index contributed by atoms with van der Waals surface area (Å²) in [5, 5.41) is 6.34. The summed E-state index contributed by atoms with van der Waals surface area (Å²) < 4.78 is 11.2. The molecule has 5 nitrogen and oxygen atoms in total. The van der Waals surface area contributed by atoms with Crippen LogP contribution in [0.25, 0.3) is 0 Å². The smallest absolute Gasteiger partial charge is 0.356 e. The van der Waals surface area contributed by atoms with E-state index in [4.69, 9.17) is 21.7 Å². The number of thioether (sulfide) groups is 1. The molecule has 2 heterocycles. The van der Waals surface area contributed by atoms with Gasteiger partial charge in [0.05, 0.1) is 23.7 Å². The molecule has 0 saturated carbocycles. The molecule has 1 unspecified atom stereocenters. The fraction of sp³-hybridized carbons (Fsp3) is 0.529. The van der Waals surface area contributed by atoms with Gasteiger partial charge in [-0.2, -0.15) is 0 Å². The molecule has 0 radical (unpaired) electrons. The second kappa shape index (κ2) is 8.18. The number of hydrogen-bond donors (Lipinski definition) is 2. The number of nitrogens with one attached hydrogen (secondary N) is 2. The van der Waals surface area contributed by atoms with Gasteiger partial charge in [-0.05, 0) is 20.3 Å². The molecule has 2 rings (SSSR count). The van der Waals surface area contributed by atoms with E-state index >= 15 is 0 Å². The third kappa shape index (κ3) is 4.20. The Labute approximate surface area is 152 Å². The lowest BCUT2D eigenvalue weighted by Crippen LogP contribution is -2.40. The van der Waals surface area contributed by atoms with E-state index in [1.54, 1.807) is 13.0 Å². The van der Waals surface area contributed by atoms with Crippen molar-refractivity contribution in [2.24, 2.45) is 0 Å². The molecule has 0 fully saturated rings. The third-order valence-electron chi connectivity index (χ3n) is 4.01. The van der Waals surface area contributed by atoms with E-state index in [9.17, 15) is 4.79 Å². The van der Waals surface area contributed by atoms with E-state index in [0.29, 0.717) is 35.3 Å². The molecule has 0 aromatic rings. The van der Waals surface area contributed by atoms with Gasteiger partial charge in [-0.3, -0.25) is 0 Å². The number of rotatable bonds is 6. The van der Waals surface area contributed by atoms with Gasteiger partial charge in [0.1, 0.15) is 10.7 Å². The van der Waals surface area contributed by atoms with Gasteiger partial charge in [0.2, 0.25) is 0 Å². The van der Waals surface area contributed by atoms with Crippen LogP contribution in [0.4, 0.5) is 0 Å². The lowest BCUT2D eigenvalue weighted by atomic mass is 9.94. The maximum absolute atomic E-state index is 12.4. The minimum absolute atomic E-state index is 0.217. The Morgan fingerprint density at radius 3 is 2.96 bits per heavy atom. The highest BCUT2D eigenvalue weighted by atomic mass is 32.2. The predicted molar refractivity (Wildman–Crippen MR) is 101 cm³/mol. The van der Waals surface area contributed by atoms with Gasteiger partial charge in [0, 0.05) is 23.6 Å². The van der Waals surface area contributed by atoms with Crippen LogP contribution in [-0.2, 0) is 14.3 Å². The van der Waals surface area contributed by atoms with Gasteiger partial charge >= 0.3 is 5.97 Å². The van der Waals surface area contributed by atoms with Crippen LogP contribution in [0.15, 0.2) is 33.9 Å². The van der Waals surface area contributed by atoms with Crippen LogP contribution < -0.4 is 10.6 Å². The van der Waals surface area contributed by atoms with E-state index in [-0.39, 0.29) is 11.6 Å². The number of hydrogen-bond acceptors (Lipinski definition) is 6. The second-order valence-electron chi connectivity index (χ2n) is 5.82. The third-order valence-corrected chi connectivity index (χ3v) is 5.71. The molecule has 0 amide bonds. The standard InChI is InChI=1S/C17H24N2O3S2/c1-5-8-18-15(23)14-13(16(20)21-7-3)19-11-9-17(4,6-2)22-10-12(11)24-14/h5,19H,1,6-10H2,2-4H3,(H,18,23). The van der Waals surface area contributed by atoms with Crippen molar-refractivity contribution in [2.45, 2.75) is 39.2 Å². The minimum atomic E-state index is -0.390. The predicted octanol–water partition coefficient (Wildman–Crippen LogP) is 3.00.